The van der Waals surface area contributed by atoms with E-state index in [0.29, 0.717) is 0 Å². The summed E-state index contributed by atoms with van der Waals surface area (Å²) in [5.41, 5.74) is 3.17. The largest absolute Gasteiger partial charge is 0.329 e. The summed E-state index contributed by atoms with van der Waals surface area (Å²) in [6.07, 6.45) is 1.72. The van der Waals surface area contributed by atoms with Gasteiger partial charge in [0.15, 0.2) is 0 Å². The van der Waals surface area contributed by atoms with E-state index in [1.807, 2.05) is 39.0 Å². The Morgan fingerprint density at radius 1 is 1.10 bits per heavy atom. The Labute approximate surface area is 119 Å². The predicted molar refractivity (Wildman–Crippen MR) is 77.6 cm³/mol. The van der Waals surface area contributed by atoms with E-state index in [2.05, 4.69) is 0 Å². The highest BCUT2D eigenvalue weighted by Gasteiger charge is 2.46. The van der Waals surface area contributed by atoms with Crippen molar-refractivity contribution in [2.45, 2.75) is 45.7 Å². The Hall–Kier alpha value is -1.84. The minimum Gasteiger partial charge on any atom is -0.329 e. The van der Waals surface area contributed by atoms with Crippen LogP contribution in [0.5, 0.6) is 0 Å². The van der Waals surface area contributed by atoms with Gasteiger partial charge in [0.05, 0.1) is 0 Å². The number of rotatable bonds is 1. The Morgan fingerprint density at radius 3 is 2.55 bits per heavy atom. The average molecular weight is 272 g/mol. The van der Waals surface area contributed by atoms with Crippen LogP contribution in [0.1, 0.15) is 30.9 Å². The smallest absolute Gasteiger partial charge is 0.250 e. The van der Waals surface area contributed by atoms with Gasteiger partial charge in [-0.2, -0.15) is 0 Å². The lowest BCUT2D eigenvalue weighted by molar-refractivity contribution is -0.143. The number of carbonyl (C=O) groups is 2. The van der Waals surface area contributed by atoms with Crippen molar-refractivity contribution in [2.75, 3.05) is 11.4 Å². The van der Waals surface area contributed by atoms with Crippen molar-refractivity contribution in [1.82, 2.24) is 4.90 Å². The number of piperazine rings is 1. The zero-order chi connectivity index (χ0) is 14.4. The van der Waals surface area contributed by atoms with Crippen LogP contribution in [0.2, 0.25) is 0 Å². The fourth-order valence-electron chi connectivity index (χ4n) is 3.22. The zero-order valence-corrected chi connectivity index (χ0v) is 12.2. The summed E-state index contributed by atoms with van der Waals surface area (Å²) >= 11 is 0. The Bertz CT molecular complexity index is 582. The number of amides is 2. The molecule has 0 bridgehead atoms. The fraction of sp³-hybridized carbons (Fsp3) is 0.500. The monoisotopic (exact) mass is 272 g/mol. The topological polar surface area (TPSA) is 40.6 Å². The molecule has 0 aromatic heterocycles. The van der Waals surface area contributed by atoms with E-state index in [-0.39, 0.29) is 17.9 Å². The Morgan fingerprint density at radius 2 is 1.85 bits per heavy atom. The van der Waals surface area contributed by atoms with E-state index in [1.54, 1.807) is 9.80 Å². The SMILES string of the molecule is Cc1ccc(N2C(=O)C3CCCN3C(=O)C2C)cc1C. The lowest BCUT2D eigenvalue weighted by atomic mass is 10.0. The van der Waals surface area contributed by atoms with Crippen LogP contribution in [-0.4, -0.2) is 35.3 Å². The van der Waals surface area contributed by atoms with Gasteiger partial charge in [-0.15, -0.1) is 0 Å². The number of carbonyl (C=O) groups excluding carboxylic acids is 2. The first kappa shape index (κ1) is 13.2. The molecule has 106 valence electrons. The lowest BCUT2D eigenvalue weighted by Gasteiger charge is -2.41. The molecule has 0 N–H and O–H groups in total. The zero-order valence-electron chi connectivity index (χ0n) is 12.2. The first-order valence-electron chi connectivity index (χ1n) is 7.21. The van der Waals surface area contributed by atoms with Gasteiger partial charge in [-0.3, -0.25) is 14.5 Å². The van der Waals surface area contributed by atoms with Crippen LogP contribution in [0.4, 0.5) is 5.69 Å². The molecular weight excluding hydrogens is 252 g/mol. The third-order valence-corrected chi connectivity index (χ3v) is 4.57. The van der Waals surface area contributed by atoms with Gasteiger partial charge in [-0.1, -0.05) is 6.07 Å². The predicted octanol–water partition coefficient (Wildman–Crippen LogP) is 2.03. The van der Waals surface area contributed by atoms with Gasteiger partial charge in [-0.25, -0.2) is 0 Å². The maximum atomic E-state index is 12.7. The molecule has 4 heteroatoms. The van der Waals surface area contributed by atoms with Gasteiger partial charge in [0.25, 0.3) is 5.91 Å². The van der Waals surface area contributed by atoms with Crippen molar-refractivity contribution in [3.05, 3.63) is 29.3 Å². The number of nitrogens with zero attached hydrogens (tertiary/aromatic N) is 2. The van der Waals surface area contributed by atoms with Crippen molar-refractivity contribution in [1.29, 1.82) is 0 Å². The molecule has 0 radical (unpaired) electrons. The lowest BCUT2D eigenvalue weighted by Crippen LogP contribution is -2.62. The fourth-order valence-corrected chi connectivity index (χ4v) is 3.22. The molecule has 0 saturated carbocycles. The number of fused-ring (bicyclic) bond motifs is 1. The van der Waals surface area contributed by atoms with Crippen LogP contribution in [0, 0.1) is 13.8 Å². The number of benzene rings is 1. The summed E-state index contributed by atoms with van der Waals surface area (Å²) in [5, 5.41) is 0. The second-order valence-corrected chi connectivity index (χ2v) is 5.84. The summed E-state index contributed by atoms with van der Waals surface area (Å²) < 4.78 is 0. The summed E-state index contributed by atoms with van der Waals surface area (Å²) in [4.78, 5) is 28.5. The Kier molecular flexibility index (Phi) is 3.04. The van der Waals surface area contributed by atoms with E-state index in [1.165, 1.54) is 5.56 Å². The average Bonchev–Trinajstić information content (AvgIpc) is 2.90. The van der Waals surface area contributed by atoms with Crippen LogP contribution in [0.15, 0.2) is 18.2 Å². The van der Waals surface area contributed by atoms with Gasteiger partial charge in [0, 0.05) is 12.2 Å². The highest BCUT2D eigenvalue weighted by atomic mass is 16.2. The molecule has 0 spiro atoms. The number of hydrogen-bond acceptors (Lipinski definition) is 2. The van der Waals surface area contributed by atoms with Crippen molar-refractivity contribution < 1.29 is 9.59 Å². The third kappa shape index (κ3) is 1.82. The van der Waals surface area contributed by atoms with Crippen LogP contribution < -0.4 is 4.90 Å². The normalized spacial score (nSPS) is 26.1. The highest BCUT2D eigenvalue weighted by molar-refractivity contribution is 6.08. The quantitative estimate of drug-likeness (QED) is 0.785. The Balaban J connectivity index is 2.01. The molecule has 0 aliphatic carbocycles. The molecule has 2 saturated heterocycles. The van der Waals surface area contributed by atoms with Gasteiger partial charge in [0.2, 0.25) is 5.91 Å². The van der Waals surface area contributed by atoms with Gasteiger partial charge < -0.3 is 4.90 Å². The van der Waals surface area contributed by atoms with Crippen molar-refractivity contribution in [3.63, 3.8) is 0 Å². The molecule has 2 unspecified atom stereocenters. The van der Waals surface area contributed by atoms with Gasteiger partial charge in [-0.05, 0) is 56.9 Å². The second-order valence-electron chi connectivity index (χ2n) is 5.84. The first-order chi connectivity index (χ1) is 9.50. The van der Waals surface area contributed by atoms with E-state index in [9.17, 15) is 9.59 Å². The molecule has 2 atom stereocenters. The molecule has 1 aromatic rings. The molecule has 2 amide bonds. The van der Waals surface area contributed by atoms with Crippen LogP contribution in [0.25, 0.3) is 0 Å². The van der Waals surface area contributed by atoms with Gasteiger partial charge in [0.1, 0.15) is 12.1 Å². The molecule has 2 aliphatic rings. The van der Waals surface area contributed by atoms with E-state index in [4.69, 9.17) is 0 Å². The van der Waals surface area contributed by atoms with Crippen LogP contribution >= 0.6 is 0 Å². The number of hydrogen-bond donors (Lipinski definition) is 0. The number of aryl methyl sites for hydroxylation is 2. The minimum absolute atomic E-state index is 0.0675. The van der Waals surface area contributed by atoms with Crippen molar-refractivity contribution in [3.8, 4) is 0 Å². The standard InChI is InChI=1S/C16H20N2O2/c1-10-6-7-13(9-11(10)2)18-12(3)15(19)17-8-4-5-14(17)16(18)20/h6-7,9,12,14H,4-5,8H2,1-3H3. The molecule has 1 aromatic carbocycles. The molecule has 20 heavy (non-hydrogen) atoms. The first-order valence-corrected chi connectivity index (χ1v) is 7.21. The summed E-state index contributed by atoms with van der Waals surface area (Å²) in [6, 6.07) is 5.30. The van der Waals surface area contributed by atoms with Gasteiger partial charge >= 0.3 is 0 Å². The second kappa shape index (κ2) is 4.62. The molecular formula is C16H20N2O2. The van der Waals surface area contributed by atoms with E-state index < -0.39 is 6.04 Å². The van der Waals surface area contributed by atoms with Crippen molar-refractivity contribution in [2.24, 2.45) is 0 Å². The molecule has 2 aliphatic heterocycles. The third-order valence-electron chi connectivity index (χ3n) is 4.57. The minimum atomic E-state index is -0.404. The number of anilines is 1. The summed E-state index contributed by atoms with van der Waals surface area (Å²) in [6.45, 7) is 6.62. The molecule has 2 fully saturated rings. The summed E-state index contributed by atoms with van der Waals surface area (Å²) in [7, 11) is 0. The van der Waals surface area contributed by atoms with Crippen LogP contribution in [-0.2, 0) is 9.59 Å². The van der Waals surface area contributed by atoms with Crippen molar-refractivity contribution >= 4 is 17.5 Å². The molecule has 2 heterocycles. The summed E-state index contributed by atoms with van der Waals surface area (Å²) in [5.74, 6) is 0.142. The highest BCUT2D eigenvalue weighted by Crippen LogP contribution is 2.31. The van der Waals surface area contributed by atoms with E-state index >= 15 is 0 Å². The maximum absolute atomic E-state index is 12.7. The maximum Gasteiger partial charge on any atom is 0.250 e. The van der Waals surface area contributed by atoms with Crippen LogP contribution in [0.3, 0.4) is 0 Å². The molecule has 3 rings (SSSR count). The van der Waals surface area contributed by atoms with E-state index in [0.717, 1.165) is 30.6 Å². The molecule has 4 nitrogen and oxygen atoms in total.